The fourth-order valence-electron chi connectivity index (χ4n) is 3.64. The van der Waals surface area contributed by atoms with Crippen molar-refractivity contribution in [2.24, 2.45) is 0 Å². The summed E-state index contributed by atoms with van der Waals surface area (Å²) in [5.41, 5.74) is 5.11. The van der Waals surface area contributed by atoms with Crippen molar-refractivity contribution >= 4 is 41.1 Å². The molecule has 4 rings (SSSR count). The number of rotatable bonds is 6. The maximum atomic E-state index is 11.2. The van der Waals surface area contributed by atoms with E-state index in [4.69, 9.17) is 44.3 Å². The third-order valence-electron chi connectivity index (χ3n) is 5.45. The number of nitrogens with zero attached hydrogens (tertiary/aromatic N) is 2. The minimum atomic E-state index is 0.412. The van der Waals surface area contributed by atoms with Crippen LogP contribution in [0.1, 0.15) is 15.9 Å². The molecule has 0 amide bonds. The quantitative estimate of drug-likeness (QED) is 0.249. The van der Waals surface area contributed by atoms with Gasteiger partial charge in [0, 0.05) is 34.0 Å². The maximum Gasteiger partial charge on any atom is 0.218 e. The van der Waals surface area contributed by atoms with Crippen LogP contribution in [-0.2, 0) is 0 Å². The lowest BCUT2D eigenvalue weighted by atomic mass is 9.99. The number of hydrogen-bond donors (Lipinski definition) is 0. The Morgan fingerprint density at radius 1 is 0.882 bits per heavy atom. The van der Waals surface area contributed by atoms with Crippen LogP contribution >= 0.6 is 34.8 Å². The first-order valence-corrected chi connectivity index (χ1v) is 11.3. The van der Waals surface area contributed by atoms with Crippen molar-refractivity contribution < 1.29 is 14.3 Å². The first-order valence-electron chi connectivity index (χ1n) is 10.2. The van der Waals surface area contributed by atoms with Gasteiger partial charge in [-0.15, -0.1) is 0 Å². The second kappa shape index (κ2) is 10.0. The van der Waals surface area contributed by atoms with E-state index >= 15 is 0 Å². The van der Waals surface area contributed by atoms with Crippen LogP contribution < -0.4 is 9.47 Å². The van der Waals surface area contributed by atoms with Gasteiger partial charge in [-0.25, -0.2) is 4.98 Å². The highest BCUT2D eigenvalue weighted by molar-refractivity contribution is 6.39. The molecule has 8 heteroatoms. The zero-order valence-electron chi connectivity index (χ0n) is 18.5. The summed E-state index contributed by atoms with van der Waals surface area (Å²) >= 11 is 20.1. The Bertz CT molecular complexity index is 1410. The molecule has 0 atom stereocenters. The maximum absolute atomic E-state index is 11.2. The van der Waals surface area contributed by atoms with Gasteiger partial charge in [-0.3, -0.25) is 9.78 Å². The van der Waals surface area contributed by atoms with E-state index in [2.05, 4.69) is 9.97 Å². The molecule has 0 saturated carbocycles. The average molecular weight is 514 g/mol. The molecule has 0 spiro atoms. The molecule has 0 fully saturated rings. The first-order chi connectivity index (χ1) is 16.4. The van der Waals surface area contributed by atoms with Crippen LogP contribution in [0.2, 0.25) is 15.1 Å². The van der Waals surface area contributed by atoms with Crippen LogP contribution in [0.4, 0.5) is 0 Å². The van der Waals surface area contributed by atoms with Gasteiger partial charge in [0.2, 0.25) is 5.88 Å². The summed E-state index contributed by atoms with van der Waals surface area (Å²) in [6, 6.07) is 14.3. The van der Waals surface area contributed by atoms with Crippen LogP contribution in [0.3, 0.4) is 0 Å². The van der Waals surface area contributed by atoms with E-state index in [1.54, 1.807) is 43.6 Å². The summed E-state index contributed by atoms with van der Waals surface area (Å²) in [6.07, 6.45) is 2.39. The van der Waals surface area contributed by atoms with Crippen molar-refractivity contribution in [3.8, 4) is 45.3 Å². The van der Waals surface area contributed by atoms with E-state index in [1.165, 1.54) is 7.11 Å². The second-order valence-corrected chi connectivity index (χ2v) is 8.55. The molecule has 0 aliphatic carbocycles. The molecule has 0 aliphatic heterocycles. The summed E-state index contributed by atoms with van der Waals surface area (Å²) < 4.78 is 10.7. The summed E-state index contributed by atoms with van der Waals surface area (Å²) in [4.78, 5) is 20.3. The van der Waals surface area contributed by atoms with Gasteiger partial charge in [0.25, 0.3) is 0 Å². The third-order valence-corrected chi connectivity index (χ3v) is 6.63. The number of hydrogen-bond acceptors (Lipinski definition) is 5. The minimum absolute atomic E-state index is 0.412. The molecule has 0 saturated heterocycles. The average Bonchev–Trinajstić information content (AvgIpc) is 2.85. The topological polar surface area (TPSA) is 61.3 Å². The summed E-state index contributed by atoms with van der Waals surface area (Å²) in [5, 5.41) is 1.40. The molecule has 34 heavy (non-hydrogen) atoms. The molecule has 0 bridgehead atoms. The number of carbonyl (C=O) groups is 1. The van der Waals surface area contributed by atoms with Crippen molar-refractivity contribution in [1.29, 1.82) is 0 Å². The highest BCUT2D eigenvalue weighted by atomic mass is 35.5. The van der Waals surface area contributed by atoms with Crippen LogP contribution in [0, 0.1) is 6.92 Å². The Kier molecular flexibility index (Phi) is 7.08. The zero-order valence-corrected chi connectivity index (χ0v) is 20.8. The van der Waals surface area contributed by atoms with E-state index in [0.29, 0.717) is 65.9 Å². The largest absolute Gasteiger partial charge is 0.496 e. The van der Waals surface area contributed by atoms with Crippen LogP contribution in [0.25, 0.3) is 33.6 Å². The number of benzene rings is 2. The van der Waals surface area contributed by atoms with Gasteiger partial charge in [-0.2, -0.15) is 0 Å². The third kappa shape index (κ3) is 4.34. The predicted molar refractivity (Wildman–Crippen MR) is 137 cm³/mol. The molecule has 172 valence electrons. The Morgan fingerprint density at radius 3 is 2.32 bits per heavy atom. The number of carbonyl (C=O) groups excluding carboxylic acids is 1. The Morgan fingerprint density at radius 2 is 1.62 bits per heavy atom. The molecular weight excluding hydrogens is 495 g/mol. The van der Waals surface area contributed by atoms with E-state index in [9.17, 15) is 4.79 Å². The molecule has 0 aliphatic rings. The van der Waals surface area contributed by atoms with Crippen molar-refractivity contribution in [2.75, 3.05) is 14.2 Å². The van der Waals surface area contributed by atoms with Crippen LogP contribution in [-0.4, -0.2) is 30.5 Å². The van der Waals surface area contributed by atoms with Gasteiger partial charge < -0.3 is 9.47 Å². The highest BCUT2D eigenvalue weighted by Gasteiger charge is 2.19. The van der Waals surface area contributed by atoms with Gasteiger partial charge in [0.15, 0.2) is 6.29 Å². The number of methoxy groups -OCH3 is 2. The number of ether oxygens (including phenoxy) is 2. The molecule has 2 heterocycles. The molecule has 2 aromatic heterocycles. The van der Waals surface area contributed by atoms with E-state index < -0.39 is 0 Å². The molecule has 4 aromatic rings. The Labute approximate surface area is 212 Å². The Balaban J connectivity index is 1.85. The first kappa shape index (κ1) is 24.0. The molecule has 2 aromatic carbocycles. The predicted octanol–water partition coefficient (Wildman–Crippen LogP) is 7.58. The lowest BCUT2D eigenvalue weighted by molar-refractivity contribution is 0.112. The number of aromatic nitrogens is 2. The van der Waals surface area contributed by atoms with Gasteiger partial charge in [0.05, 0.1) is 46.2 Å². The monoisotopic (exact) mass is 512 g/mol. The standard InChI is InChI=1S/C26H19Cl3N2O3/c1-14-20(27)12-21(31-26(14)34-3)19-6-4-5-17(23(19)28)18-9-10-30-25(24(18)29)15-7-8-16(13-32)22(11-15)33-2/h4-13H,1-3H3. The summed E-state index contributed by atoms with van der Waals surface area (Å²) in [6.45, 7) is 1.84. The van der Waals surface area contributed by atoms with Crippen molar-refractivity contribution in [1.82, 2.24) is 9.97 Å². The fraction of sp³-hybridized carbons (Fsp3) is 0.115. The van der Waals surface area contributed by atoms with Crippen LogP contribution in [0.5, 0.6) is 11.6 Å². The molecule has 0 N–H and O–H groups in total. The SMILES string of the molecule is COc1cc(-c2nccc(-c3cccc(-c4cc(Cl)c(C)c(OC)n4)c3Cl)c2Cl)ccc1C=O. The number of aldehydes is 1. The van der Waals surface area contributed by atoms with Crippen molar-refractivity contribution in [2.45, 2.75) is 6.92 Å². The Hall–Kier alpha value is -3.12. The van der Waals surface area contributed by atoms with E-state index in [0.717, 1.165) is 11.8 Å². The van der Waals surface area contributed by atoms with Gasteiger partial charge in [-0.1, -0.05) is 59.1 Å². The summed E-state index contributed by atoms with van der Waals surface area (Å²) in [5.74, 6) is 0.869. The molecule has 0 radical (unpaired) electrons. The van der Waals surface area contributed by atoms with Crippen molar-refractivity contribution in [3.05, 3.63) is 80.9 Å². The smallest absolute Gasteiger partial charge is 0.218 e. The lowest BCUT2D eigenvalue weighted by Crippen LogP contribution is -1.96. The van der Waals surface area contributed by atoms with Gasteiger partial charge in [-0.05, 0) is 31.2 Å². The minimum Gasteiger partial charge on any atom is -0.496 e. The molecular formula is C26H19Cl3N2O3. The van der Waals surface area contributed by atoms with Crippen molar-refractivity contribution in [3.63, 3.8) is 0 Å². The number of halogens is 3. The summed E-state index contributed by atoms with van der Waals surface area (Å²) in [7, 11) is 3.05. The van der Waals surface area contributed by atoms with E-state index in [-0.39, 0.29) is 0 Å². The fourth-order valence-corrected chi connectivity index (χ4v) is 4.47. The van der Waals surface area contributed by atoms with Gasteiger partial charge in [0.1, 0.15) is 5.75 Å². The van der Waals surface area contributed by atoms with E-state index in [1.807, 2.05) is 25.1 Å². The highest BCUT2D eigenvalue weighted by Crippen LogP contribution is 2.42. The normalized spacial score (nSPS) is 10.8. The zero-order chi connectivity index (χ0) is 24.4. The molecule has 0 unspecified atom stereocenters. The second-order valence-electron chi connectivity index (χ2n) is 7.39. The lowest BCUT2D eigenvalue weighted by Gasteiger charge is -2.15. The molecule has 5 nitrogen and oxygen atoms in total. The van der Waals surface area contributed by atoms with Crippen LogP contribution in [0.15, 0.2) is 54.7 Å². The van der Waals surface area contributed by atoms with Gasteiger partial charge >= 0.3 is 0 Å². The number of pyridine rings is 2.